The summed E-state index contributed by atoms with van der Waals surface area (Å²) in [6.45, 7) is -0.474. The quantitative estimate of drug-likeness (QED) is 0.821. The van der Waals surface area contributed by atoms with Crippen LogP contribution >= 0.6 is 15.9 Å². The first-order chi connectivity index (χ1) is 8.90. The maximum absolute atomic E-state index is 12.0. The first kappa shape index (κ1) is 16.5. The van der Waals surface area contributed by atoms with Crippen molar-refractivity contribution >= 4 is 15.9 Å². The van der Waals surface area contributed by atoms with Crippen molar-refractivity contribution in [2.45, 2.75) is 12.6 Å². The van der Waals surface area contributed by atoms with Gasteiger partial charge in [-0.15, -0.1) is 0 Å². The largest absolute Gasteiger partial charge is 0.411 e. The van der Waals surface area contributed by atoms with Gasteiger partial charge in [-0.3, -0.25) is 0 Å². The van der Waals surface area contributed by atoms with Gasteiger partial charge in [-0.25, -0.2) is 0 Å². The Morgan fingerprint density at radius 2 is 1.89 bits per heavy atom. The van der Waals surface area contributed by atoms with Crippen LogP contribution < -0.4 is 5.32 Å². The fourth-order valence-electron chi connectivity index (χ4n) is 1.77. The van der Waals surface area contributed by atoms with Gasteiger partial charge < -0.3 is 10.1 Å². The summed E-state index contributed by atoms with van der Waals surface area (Å²) in [6, 6.07) is 7.75. The summed E-state index contributed by atoms with van der Waals surface area (Å²) in [7, 11) is 1.78. The molecule has 0 bridgehead atoms. The van der Waals surface area contributed by atoms with Gasteiger partial charge in [0.25, 0.3) is 0 Å². The number of hydrogen-bond acceptors (Lipinski definition) is 2. The Kier molecular flexibility index (Phi) is 6.82. The van der Waals surface area contributed by atoms with E-state index in [1.165, 1.54) is 0 Å². The maximum atomic E-state index is 12.0. The van der Waals surface area contributed by atoms with E-state index in [0.29, 0.717) is 13.0 Å². The van der Waals surface area contributed by atoms with Crippen LogP contribution in [0.2, 0.25) is 0 Å². The first-order valence-corrected chi connectivity index (χ1v) is 6.73. The molecule has 0 aliphatic rings. The zero-order valence-electron chi connectivity index (χ0n) is 10.6. The molecule has 0 fully saturated rings. The molecule has 108 valence electrons. The van der Waals surface area contributed by atoms with Crippen molar-refractivity contribution in [3.63, 3.8) is 0 Å². The zero-order valence-corrected chi connectivity index (χ0v) is 12.2. The fraction of sp³-hybridized carbons (Fsp3) is 0.538. The molecule has 0 aliphatic heterocycles. The van der Waals surface area contributed by atoms with E-state index in [-0.39, 0.29) is 12.5 Å². The summed E-state index contributed by atoms with van der Waals surface area (Å²) in [5.41, 5.74) is 1.08. The molecule has 0 heterocycles. The van der Waals surface area contributed by atoms with Crippen molar-refractivity contribution in [1.82, 2.24) is 5.32 Å². The SMILES string of the molecule is CNCC(COCC(F)(F)F)Cc1ccc(Br)cc1. The van der Waals surface area contributed by atoms with E-state index in [4.69, 9.17) is 4.74 Å². The molecule has 0 saturated heterocycles. The number of hydrogen-bond donors (Lipinski definition) is 1. The Hall–Kier alpha value is -0.590. The van der Waals surface area contributed by atoms with Gasteiger partial charge in [0.15, 0.2) is 0 Å². The lowest BCUT2D eigenvalue weighted by Crippen LogP contribution is -2.27. The molecule has 0 saturated carbocycles. The Bertz CT molecular complexity index is 367. The Balaban J connectivity index is 2.45. The van der Waals surface area contributed by atoms with Crippen LogP contribution in [-0.4, -0.2) is 33.0 Å². The van der Waals surface area contributed by atoms with Gasteiger partial charge in [-0.1, -0.05) is 28.1 Å². The van der Waals surface area contributed by atoms with E-state index >= 15 is 0 Å². The highest BCUT2D eigenvalue weighted by Gasteiger charge is 2.27. The van der Waals surface area contributed by atoms with Gasteiger partial charge in [0.05, 0.1) is 6.61 Å². The minimum Gasteiger partial charge on any atom is -0.372 e. The third-order valence-corrected chi connectivity index (χ3v) is 3.08. The number of ether oxygens (including phenoxy) is 1. The van der Waals surface area contributed by atoms with Crippen molar-refractivity contribution < 1.29 is 17.9 Å². The Labute approximate surface area is 119 Å². The molecule has 0 aromatic heterocycles. The van der Waals surface area contributed by atoms with E-state index in [1.807, 2.05) is 24.3 Å². The van der Waals surface area contributed by atoms with Crippen molar-refractivity contribution in [2.75, 3.05) is 26.8 Å². The highest BCUT2D eigenvalue weighted by atomic mass is 79.9. The summed E-state index contributed by atoms with van der Waals surface area (Å²) >= 11 is 3.34. The molecule has 1 aromatic carbocycles. The molecule has 1 rings (SSSR count). The predicted molar refractivity (Wildman–Crippen MR) is 72.1 cm³/mol. The van der Waals surface area contributed by atoms with Gasteiger partial charge in [0, 0.05) is 11.0 Å². The van der Waals surface area contributed by atoms with E-state index < -0.39 is 12.8 Å². The average molecular weight is 340 g/mol. The minimum absolute atomic E-state index is 0.0218. The molecular weight excluding hydrogens is 323 g/mol. The molecule has 0 aliphatic carbocycles. The smallest absolute Gasteiger partial charge is 0.372 e. The van der Waals surface area contributed by atoms with E-state index in [9.17, 15) is 13.2 Å². The van der Waals surface area contributed by atoms with Crippen LogP contribution in [0.4, 0.5) is 13.2 Å². The van der Waals surface area contributed by atoms with E-state index in [0.717, 1.165) is 10.0 Å². The van der Waals surface area contributed by atoms with Crippen LogP contribution in [0, 0.1) is 5.92 Å². The molecule has 1 atom stereocenters. The third kappa shape index (κ3) is 7.54. The fourth-order valence-corrected chi connectivity index (χ4v) is 2.04. The van der Waals surface area contributed by atoms with E-state index in [1.54, 1.807) is 7.05 Å². The third-order valence-electron chi connectivity index (χ3n) is 2.55. The average Bonchev–Trinajstić information content (AvgIpc) is 2.30. The van der Waals surface area contributed by atoms with Crippen LogP contribution in [0.3, 0.4) is 0 Å². The number of benzene rings is 1. The lowest BCUT2D eigenvalue weighted by molar-refractivity contribution is -0.176. The zero-order chi connectivity index (χ0) is 14.3. The second kappa shape index (κ2) is 7.87. The molecule has 1 aromatic rings. The van der Waals surface area contributed by atoms with Gasteiger partial charge >= 0.3 is 6.18 Å². The number of alkyl halides is 3. The van der Waals surface area contributed by atoms with Gasteiger partial charge in [0.1, 0.15) is 6.61 Å². The highest BCUT2D eigenvalue weighted by Crippen LogP contribution is 2.17. The van der Waals surface area contributed by atoms with E-state index in [2.05, 4.69) is 21.2 Å². The normalized spacial score (nSPS) is 13.5. The van der Waals surface area contributed by atoms with Gasteiger partial charge in [-0.2, -0.15) is 13.2 Å². The molecule has 0 amide bonds. The van der Waals surface area contributed by atoms with Gasteiger partial charge in [0.2, 0.25) is 0 Å². The second-order valence-electron chi connectivity index (χ2n) is 4.38. The monoisotopic (exact) mass is 339 g/mol. The highest BCUT2D eigenvalue weighted by molar-refractivity contribution is 9.10. The lowest BCUT2D eigenvalue weighted by atomic mass is 10.00. The molecule has 19 heavy (non-hydrogen) atoms. The molecular formula is C13H17BrF3NO. The van der Waals surface area contributed by atoms with Crippen LogP contribution in [0.25, 0.3) is 0 Å². The molecule has 1 unspecified atom stereocenters. The predicted octanol–water partition coefficient (Wildman–Crippen LogP) is 3.41. The number of nitrogens with one attached hydrogen (secondary N) is 1. The first-order valence-electron chi connectivity index (χ1n) is 5.94. The Morgan fingerprint density at radius 1 is 1.26 bits per heavy atom. The van der Waals surface area contributed by atoms with Crippen molar-refractivity contribution in [1.29, 1.82) is 0 Å². The maximum Gasteiger partial charge on any atom is 0.411 e. The van der Waals surface area contributed by atoms with Crippen molar-refractivity contribution in [2.24, 2.45) is 5.92 Å². The summed E-state index contributed by atoms with van der Waals surface area (Å²) in [6.07, 6.45) is -3.58. The molecule has 6 heteroatoms. The van der Waals surface area contributed by atoms with Crippen LogP contribution in [0.15, 0.2) is 28.7 Å². The van der Waals surface area contributed by atoms with Crippen LogP contribution in [-0.2, 0) is 11.2 Å². The second-order valence-corrected chi connectivity index (χ2v) is 5.30. The standard InChI is InChI=1S/C13H17BrF3NO/c1-18-7-11(8-19-9-13(15,16)17)6-10-2-4-12(14)5-3-10/h2-5,11,18H,6-9H2,1H3. The van der Waals surface area contributed by atoms with Crippen LogP contribution in [0.1, 0.15) is 5.56 Å². The summed E-state index contributed by atoms with van der Waals surface area (Å²) in [5.74, 6) is 0.0218. The van der Waals surface area contributed by atoms with Crippen LogP contribution in [0.5, 0.6) is 0 Å². The molecule has 1 N–H and O–H groups in total. The summed E-state index contributed by atoms with van der Waals surface area (Å²) in [4.78, 5) is 0. The minimum atomic E-state index is -4.26. The molecule has 0 spiro atoms. The van der Waals surface area contributed by atoms with Crippen molar-refractivity contribution in [3.8, 4) is 0 Å². The topological polar surface area (TPSA) is 21.3 Å². The Morgan fingerprint density at radius 3 is 2.42 bits per heavy atom. The summed E-state index contributed by atoms with van der Waals surface area (Å²) < 4.78 is 41.8. The number of halogens is 4. The number of rotatable bonds is 7. The summed E-state index contributed by atoms with van der Waals surface area (Å²) in [5, 5.41) is 2.98. The lowest BCUT2D eigenvalue weighted by Gasteiger charge is -2.17. The van der Waals surface area contributed by atoms with Gasteiger partial charge in [-0.05, 0) is 37.1 Å². The molecule has 0 radical (unpaired) electrons. The molecule has 2 nitrogen and oxygen atoms in total. The van der Waals surface area contributed by atoms with Crippen molar-refractivity contribution in [3.05, 3.63) is 34.3 Å².